The van der Waals surface area contributed by atoms with Crippen molar-refractivity contribution in [2.45, 2.75) is 52.0 Å². The van der Waals surface area contributed by atoms with E-state index < -0.39 is 5.91 Å². The molecule has 1 atom stereocenters. The van der Waals surface area contributed by atoms with E-state index in [0.717, 1.165) is 43.7 Å². The molecule has 3 N–H and O–H groups in total. The molecule has 1 aromatic heterocycles. The molecule has 1 spiro atoms. The molecular formula is C20H31N3O4. The molecule has 0 bridgehead atoms. The van der Waals surface area contributed by atoms with Crippen LogP contribution in [0.4, 0.5) is 0 Å². The Kier molecular flexibility index (Phi) is 5.36. The van der Waals surface area contributed by atoms with Crippen molar-refractivity contribution >= 4 is 11.8 Å². The molecule has 2 fully saturated rings. The number of likely N-dealkylation sites (tertiary alicyclic amines) is 2. The number of aliphatic hydroxyl groups excluding tert-OH is 1. The summed E-state index contributed by atoms with van der Waals surface area (Å²) in [6, 6.07) is 1.74. The Morgan fingerprint density at radius 3 is 2.70 bits per heavy atom. The van der Waals surface area contributed by atoms with Gasteiger partial charge >= 0.3 is 0 Å². The maximum atomic E-state index is 13.0. The molecule has 3 heterocycles. The lowest BCUT2D eigenvalue weighted by Crippen LogP contribution is -2.50. The Balaban J connectivity index is 1.77. The second-order valence-corrected chi connectivity index (χ2v) is 8.94. The Hall–Kier alpha value is -1.86. The van der Waals surface area contributed by atoms with Crippen molar-refractivity contribution in [2.75, 3.05) is 32.8 Å². The molecule has 0 saturated carbocycles. The minimum Gasteiger partial charge on any atom is -0.455 e. The van der Waals surface area contributed by atoms with E-state index in [0.29, 0.717) is 19.6 Å². The standard InChI is InChI=1S/C20H31N3O4/c1-19(2,3)16-14(11-15(27-16)17(21)25)12-22-8-6-20(13-22)5-4-7-23(9-10-24)18(20)26/h11,24H,4-10,12-13H2,1-3H3,(H2,21,25)/t20-/m1/s1. The van der Waals surface area contributed by atoms with Gasteiger partial charge in [-0.05, 0) is 31.9 Å². The minimum atomic E-state index is -0.563. The highest BCUT2D eigenvalue weighted by Gasteiger charge is 2.48. The van der Waals surface area contributed by atoms with Crippen LogP contribution in [0.3, 0.4) is 0 Å². The smallest absolute Gasteiger partial charge is 0.284 e. The number of aliphatic hydroxyl groups is 1. The Labute approximate surface area is 160 Å². The van der Waals surface area contributed by atoms with Crippen molar-refractivity contribution in [1.82, 2.24) is 9.80 Å². The molecule has 2 aliphatic rings. The van der Waals surface area contributed by atoms with E-state index in [1.807, 2.05) is 20.8 Å². The molecule has 0 radical (unpaired) electrons. The maximum Gasteiger partial charge on any atom is 0.284 e. The maximum absolute atomic E-state index is 13.0. The number of primary amides is 1. The van der Waals surface area contributed by atoms with Gasteiger partial charge in [0.2, 0.25) is 5.91 Å². The number of nitrogens with zero attached hydrogens (tertiary/aromatic N) is 2. The van der Waals surface area contributed by atoms with E-state index in [1.54, 1.807) is 11.0 Å². The van der Waals surface area contributed by atoms with Crippen LogP contribution in [0, 0.1) is 5.41 Å². The van der Waals surface area contributed by atoms with Gasteiger partial charge in [-0.25, -0.2) is 0 Å². The van der Waals surface area contributed by atoms with E-state index in [9.17, 15) is 14.7 Å². The van der Waals surface area contributed by atoms with Crippen LogP contribution in [0.1, 0.15) is 61.9 Å². The lowest BCUT2D eigenvalue weighted by Gasteiger charge is -2.39. The fraction of sp³-hybridized carbons (Fsp3) is 0.700. The summed E-state index contributed by atoms with van der Waals surface area (Å²) in [5, 5.41) is 9.22. The number of rotatable bonds is 5. The van der Waals surface area contributed by atoms with Gasteiger partial charge in [0.05, 0.1) is 12.0 Å². The summed E-state index contributed by atoms with van der Waals surface area (Å²) >= 11 is 0. The third-order valence-corrected chi connectivity index (χ3v) is 5.75. The molecular weight excluding hydrogens is 346 g/mol. The molecule has 7 heteroatoms. The summed E-state index contributed by atoms with van der Waals surface area (Å²) in [6.07, 6.45) is 2.71. The van der Waals surface area contributed by atoms with E-state index in [4.69, 9.17) is 10.2 Å². The lowest BCUT2D eigenvalue weighted by atomic mass is 9.78. The van der Waals surface area contributed by atoms with Gasteiger partial charge in [-0.3, -0.25) is 14.5 Å². The number of carbonyl (C=O) groups is 2. The molecule has 2 amide bonds. The summed E-state index contributed by atoms with van der Waals surface area (Å²) in [5.74, 6) is 0.568. The highest BCUT2D eigenvalue weighted by Crippen LogP contribution is 2.41. The molecule has 150 valence electrons. The first-order chi connectivity index (χ1) is 12.7. The van der Waals surface area contributed by atoms with Crippen molar-refractivity contribution in [1.29, 1.82) is 0 Å². The zero-order valence-corrected chi connectivity index (χ0v) is 16.6. The van der Waals surface area contributed by atoms with E-state index in [2.05, 4.69) is 4.90 Å². The van der Waals surface area contributed by atoms with Crippen LogP contribution >= 0.6 is 0 Å². The fourth-order valence-electron chi connectivity index (χ4n) is 4.50. The monoisotopic (exact) mass is 377 g/mol. The normalized spacial score (nSPS) is 24.1. The second kappa shape index (κ2) is 7.28. The second-order valence-electron chi connectivity index (χ2n) is 8.94. The number of furan rings is 1. The Bertz CT molecular complexity index is 719. The molecule has 2 aliphatic heterocycles. The quantitative estimate of drug-likeness (QED) is 0.810. The van der Waals surface area contributed by atoms with Crippen LogP contribution in [0.5, 0.6) is 0 Å². The van der Waals surface area contributed by atoms with Gasteiger partial charge in [0.25, 0.3) is 5.91 Å². The van der Waals surface area contributed by atoms with Crippen LogP contribution in [-0.4, -0.2) is 59.5 Å². The van der Waals surface area contributed by atoms with Crippen molar-refractivity contribution in [3.8, 4) is 0 Å². The highest BCUT2D eigenvalue weighted by molar-refractivity contribution is 5.90. The van der Waals surface area contributed by atoms with Crippen LogP contribution in [0.2, 0.25) is 0 Å². The molecule has 0 unspecified atom stereocenters. The summed E-state index contributed by atoms with van der Waals surface area (Å²) in [4.78, 5) is 28.6. The molecule has 3 rings (SSSR count). The van der Waals surface area contributed by atoms with E-state index >= 15 is 0 Å². The van der Waals surface area contributed by atoms with Crippen molar-refractivity contribution < 1.29 is 19.1 Å². The third-order valence-electron chi connectivity index (χ3n) is 5.75. The zero-order chi connectivity index (χ0) is 19.8. The number of hydrogen-bond acceptors (Lipinski definition) is 5. The average Bonchev–Trinajstić information content (AvgIpc) is 3.18. The molecule has 27 heavy (non-hydrogen) atoms. The first kappa shape index (κ1) is 19.9. The minimum absolute atomic E-state index is 0.00535. The van der Waals surface area contributed by atoms with Crippen molar-refractivity contribution in [3.63, 3.8) is 0 Å². The Morgan fingerprint density at radius 1 is 1.33 bits per heavy atom. The first-order valence-electron chi connectivity index (χ1n) is 9.72. The predicted molar refractivity (Wildman–Crippen MR) is 101 cm³/mol. The van der Waals surface area contributed by atoms with Gasteiger partial charge in [-0.15, -0.1) is 0 Å². The van der Waals surface area contributed by atoms with Gasteiger partial charge in [0, 0.05) is 37.2 Å². The highest BCUT2D eigenvalue weighted by atomic mass is 16.4. The van der Waals surface area contributed by atoms with Crippen molar-refractivity contribution in [3.05, 3.63) is 23.2 Å². The molecule has 2 saturated heterocycles. The topological polar surface area (TPSA) is 100 Å². The largest absolute Gasteiger partial charge is 0.455 e. The summed E-state index contributed by atoms with van der Waals surface area (Å²) in [5.41, 5.74) is 5.79. The number of nitrogens with two attached hydrogens (primary N) is 1. The van der Waals surface area contributed by atoms with Crippen molar-refractivity contribution in [2.24, 2.45) is 11.1 Å². The van der Waals surface area contributed by atoms with Crippen LogP contribution in [0.15, 0.2) is 10.5 Å². The Morgan fingerprint density at radius 2 is 2.07 bits per heavy atom. The van der Waals surface area contributed by atoms with E-state index in [1.165, 1.54) is 0 Å². The number of hydrogen-bond donors (Lipinski definition) is 2. The average molecular weight is 377 g/mol. The van der Waals surface area contributed by atoms with Crippen LogP contribution in [0.25, 0.3) is 0 Å². The van der Waals surface area contributed by atoms with Crippen LogP contribution in [-0.2, 0) is 16.8 Å². The van der Waals surface area contributed by atoms with Gasteiger partial charge in [0.1, 0.15) is 5.76 Å². The van der Waals surface area contributed by atoms with Gasteiger partial charge in [0.15, 0.2) is 5.76 Å². The zero-order valence-electron chi connectivity index (χ0n) is 16.6. The molecule has 0 aromatic carbocycles. The number of carbonyl (C=O) groups excluding carboxylic acids is 2. The fourth-order valence-corrected chi connectivity index (χ4v) is 4.50. The summed E-state index contributed by atoms with van der Waals surface area (Å²) in [6.45, 7) is 9.46. The predicted octanol–water partition coefficient (Wildman–Crippen LogP) is 1.48. The molecule has 0 aliphatic carbocycles. The van der Waals surface area contributed by atoms with E-state index in [-0.39, 0.29) is 29.1 Å². The summed E-state index contributed by atoms with van der Waals surface area (Å²) in [7, 11) is 0. The number of piperidine rings is 1. The lowest BCUT2D eigenvalue weighted by molar-refractivity contribution is -0.146. The van der Waals surface area contributed by atoms with Gasteiger partial charge in [-0.2, -0.15) is 0 Å². The van der Waals surface area contributed by atoms with Gasteiger partial charge in [-0.1, -0.05) is 20.8 Å². The summed E-state index contributed by atoms with van der Waals surface area (Å²) < 4.78 is 5.75. The first-order valence-corrected chi connectivity index (χ1v) is 9.72. The van der Waals surface area contributed by atoms with Crippen LogP contribution < -0.4 is 5.73 Å². The number of β-amino-alcohol motifs (C(OH)–C–C–N with tert-alkyl or cyclic N) is 1. The molecule has 1 aromatic rings. The SMILES string of the molecule is CC(C)(C)c1oc(C(N)=O)cc1CN1CC[C@]2(CCCN(CCO)C2=O)C1. The third kappa shape index (κ3) is 3.89. The molecule has 7 nitrogen and oxygen atoms in total. The number of amides is 2. The van der Waals surface area contributed by atoms with Gasteiger partial charge < -0.3 is 20.2 Å².